The highest BCUT2D eigenvalue weighted by Crippen LogP contribution is 2.21. The molecule has 1 heterocycles. The van der Waals surface area contributed by atoms with Crippen LogP contribution in [0.15, 0.2) is 36.4 Å². The van der Waals surface area contributed by atoms with E-state index in [9.17, 15) is 4.79 Å². The summed E-state index contributed by atoms with van der Waals surface area (Å²) in [4.78, 5) is 12.9. The van der Waals surface area contributed by atoms with Crippen LogP contribution in [0.3, 0.4) is 0 Å². The van der Waals surface area contributed by atoms with Crippen LogP contribution in [0.4, 0.5) is 5.69 Å². The van der Waals surface area contributed by atoms with Crippen LogP contribution < -0.4 is 10.6 Å². The van der Waals surface area contributed by atoms with Crippen molar-refractivity contribution in [3.8, 4) is 5.69 Å². The van der Waals surface area contributed by atoms with Gasteiger partial charge in [0.25, 0.3) is 0 Å². The third-order valence-electron chi connectivity index (χ3n) is 3.60. The Morgan fingerprint density at radius 1 is 1.19 bits per heavy atom. The molecule has 3 aromatic rings. The maximum absolute atomic E-state index is 11.4. The Bertz CT molecular complexity index is 973. The SMILES string of the molecule is CCC(=O)NC(=S)Nc1ccc2nn(-c3ccc(C)c(Cl)c3)nc2c1.O. The number of halogens is 1. The summed E-state index contributed by atoms with van der Waals surface area (Å²) in [5.41, 5.74) is 3.95. The van der Waals surface area contributed by atoms with Crippen molar-refractivity contribution in [1.29, 1.82) is 0 Å². The van der Waals surface area contributed by atoms with Crippen molar-refractivity contribution in [2.45, 2.75) is 20.3 Å². The summed E-state index contributed by atoms with van der Waals surface area (Å²) in [6.45, 7) is 3.71. The van der Waals surface area contributed by atoms with Crippen LogP contribution in [-0.2, 0) is 4.79 Å². The molecule has 7 nitrogen and oxygen atoms in total. The van der Waals surface area contributed by atoms with Gasteiger partial charge in [-0.15, -0.1) is 10.2 Å². The van der Waals surface area contributed by atoms with E-state index in [1.807, 2.05) is 43.3 Å². The minimum Gasteiger partial charge on any atom is -0.412 e. The van der Waals surface area contributed by atoms with Crippen LogP contribution in [0, 0.1) is 6.92 Å². The monoisotopic (exact) mass is 391 g/mol. The normalized spacial score (nSPS) is 10.3. The Balaban J connectivity index is 0.00000243. The van der Waals surface area contributed by atoms with Gasteiger partial charge in [-0.1, -0.05) is 24.6 Å². The van der Waals surface area contributed by atoms with Crippen molar-refractivity contribution in [2.75, 3.05) is 5.32 Å². The molecule has 4 N–H and O–H groups in total. The molecule has 0 unspecified atom stereocenters. The summed E-state index contributed by atoms with van der Waals surface area (Å²) in [6, 6.07) is 11.1. The molecule has 26 heavy (non-hydrogen) atoms. The second kappa shape index (κ2) is 8.22. The number of aryl methyl sites for hydroxylation is 1. The summed E-state index contributed by atoms with van der Waals surface area (Å²) in [5, 5.41) is 15.4. The third-order valence-corrected chi connectivity index (χ3v) is 4.21. The topological polar surface area (TPSA) is 103 Å². The van der Waals surface area contributed by atoms with Crippen LogP contribution >= 0.6 is 23.8 Å². The molecular weight excluding hydrogens is 374 g/mol. The van der Waals surface area contributed by atoms with Crippen LogP contribution in [0.5, 0.6) is 0 Å². The molecule has 0 aliphatic heterocycles. The van der Waals surface area contributed by atoms with Crippen LogP contribution in [0.25, 0.3) is 16.7 Å². The first-order valence-corrected chi connectivity index (χ1v) is 8.49. The number of carbonyl (C=O) groups excluding carboxylic acids is 1. The summed E-state index contributed by atoms with van der Waals surface area (Å²) in [5.74, 6) is -0.138. The maximum Gasteiger partial charge on any atom is 0.225 e. The van der Waals surface area contributed by atoms with Crippen molar-refractivity contribution >= 4 is 51.6 Å². The molecule has 0 saturated heterocycles. The molecule has 0 radical (unpaired) electrons. The number of aromatic nitrogens is 3. The van der Waals surface area contributed by atoms with E-state index in [0.29, 0.717) is 17.0 Å². The van der Waals surface area contributed by atoms with E-state index in [4.69, 9.17) is 23.8 Å². The van der Waals surface area contributed by atoms with Gasteiger partial charge in [-0.25, -0.2) is 0 Å². The number of benzene rings is 2. The fraction of sp³-hybridized carbons (Fsp3) is 0.176. The molecule has 0 fully saturated rings. The van der Waals surface area contributed by atoms with Gasteiger partial charge >= 0.3 is 0 Å². The zero-order chi connectivity index (χ0) is 18.0. The summed E-state index contributed by atoms with van der Waals surface area (Å²) < 4.78 is 0. The minimum atomic E-state index is -0.138. The van der Waals surface area contributed by atoms with Gasteiger partial charge in [0, 0.05) is 17.1 Å². The first kappa shape index (κ1) is 19.8. The zero-order valence-electron chi connectivity index (χ0n) is 14.2. The van der Waals surface area contributed by atoms with E-state index in [2.05, 4.69) is 20.8 Å². The minimum absolute atomic E-state index is 0. The van der Waals surface area contributed by atoms with Crippen LogP contribution in [0.1, 0.15) is 18.9 Å². The first-order chi connectivity index (χ1) is 12.0. The highest BCUT2D eigenvalue weighted by Gasteiger charge is 2.08. The second-order valence-corrected chi connectivity index (χ2v) is 6.30. The molecule has 0 spiro atoms. The molecular formula is C17H18ClN5O2S. The molecule has 0 saturated carbocycles. The lowest BCUT2D eigenvalue weighted by Crippen LogP contribution is -2.33. The lowest BCUT2D eigenvalue weighted by Gasteiger charge is -2.08. The smallest absolute Gasteiger partial charge is 0.225 e. The number of fused-ring (bicyclic) bond motifs is 1. The van der Waals surface area contributed by atoms with Gasteiger partial charge in [-0.3, -0.25) is 4.79 Å². The van der Waals surface area contributed by atoms with Gasteiger partial charge in [0.15, 0.2) is 5.11 Å². The summed E-state index contributed by atoms with van der Waals surface area (Å²) in [6.07, 6.45) is 0.369. The fourth-order valence-corrected chi connectivity index (χ4v) is 2.60. The molecule has 9 heteroatoms. The number of nitrogens with one attached hydrogen (secondary N) is 2. The summed E-state index contributed by atoms with van der Waals surface area (Å²) in [7, 11) is 0. The highest BCUT2D eigenvalue weighted by atomic mass is 35.5. The average Bonchev–Trinajstić information content (AvgIpc) is 3.00. The van der Waals surface area contributed by atoms with Gasteiger partial charge in [0.05, 0.1) is 5.69 Å². The number of nitrogens with zero attached hydrogens (tertiary/aromatic N) is 3. The van der Waals surface area contributed by atoms with E-state index in [1.165, 1.54) is 4.80 Å². The molecule has 136 valence electrons. The fourth-order valence-electron chi connectivity index (χ4n) is 2.19. The van der Waals surface area contributed by atoms with Crippen molar-refractivity contribution in [3.63, 3.8) is 0 Å². The van der Waals surface area contributed by atoms with E-state index in [0.717, 1.165) is 22.5 Å². The van der Waals surface area contributed by atoms with Crippen molar-refractivity contribution < 1.29 is 10.3 Å². The second-order valence-electron chi connectivity index (χ2n) is 5.48. The molecule has 0 aliphatic rings. The quantitative estimate of drug-likeness (QED) is 0.668. The Hall–Kier alpha value is -2.55. The van der Waals surface area contributed by atoms with Gasteiger partial charge < -0.3 is 16.1 Å². The number of rotatable bonds is 3. The number of hydrogen-bond acceptors (Lipinski definition) is 4. The number of anilines is 1. The maximum atomic E-state index is 11.4. The van der Waals surface area contributed by atoms with Crippen LogP contribution in [0.2, 0.25) is 5.02 Å². The Morgan fingerprint density at radius 2 is 1.92 bits per heavy atom. The largest absolute Gasteiger partial charge is 0.412 e. The number of hydrogen-bond donors (Lipinski definition) is 2. The third kappa shape index (κ3) is 4.34. The first-order valence-electron chi connectivity index (χ1n) is 7.70. The Kier molecular flexibility index (Phi) is 6.25. The lowest BCUT2D eigenvalue weighted by molar-refractivity contribution is -0.119. The van der Waals surface area contributed by atoms with Crippen molar-refractivity contribution in [3.05, 3.63) is 47.0 Å². The van der Waals surface area contributed by atoms with E-state index in [1.54, 1.807) is 6.92 Å². The zero-order valence-corrected chi connectivity index (χ0v) is 15.8. The number of carbonyl (C=O) groups is 1. The van der Waals surface area contributed by atoms with Crippen molar-refractivity contribution in [2.24, 2.45) is 0 Å². The Labute approximate surface area is 160 Å². The van der Waals surface area contributed by atoms with Crippen LogP contribution in [-0.4, -0.2) is 31.5 Å². The van der Waals surface area contributed by atoms with Gasteiger partial charge in [-0.05, 0) is 55.0 Å². The van der Waals surface area contributed by atoms with Gasteiger partial charge in [0.2, 0.25) is 5.91 Å². The highest BCUT2D eigenvalue weighted by molar-refractivity contribution is 7.80. The van der Waals surface area contributed by atoms with E-state index in [-0.39, 0.29) is 16.5 Å². The predicted octanol–water partition coefficient (Wildman–Crippen LogP) is 2.78. The average molecular weight is 392 g/mol. The van der Waals surface area contributed by atoms with E-state index < -0.39 is 0 Å². The molecule has 0 atom stereocenters. The molecule has 0 bridgehead atoms. The number of amides is 1. The predicted molar refractivity (Wildman–Crippen MR) is 107 cm³/mol. The molecule has 1 amide bonds. The standard InChI is InChI=1S/C17H16ClN5OS.H2O/c1-3-16(24)20-17(25)19-11-5-7-14-15(8-11)22-23(21-14)12-6-4-10(2)13(18)9-12;/h4-9H,3H2,1-2H3,(H2,19,20,24,25);1H2. The van der Waals surface area contributed by atoms with E-state index >= 15 is 0 Å². The van der Waals surface area contributed by atoms with Gasteiger partial charge in [-0.2, -0.15) is 4.80 Å². The summed E-state index contributed by atoms with van der Waals surface area (Å²) >= 11 is 11.3. The van der Waals surface area contributed by atoms with Crippen molar-refractivity contribution in [1.82, 2.24) is 20.3 Å². The Morgan fingerprint density at radius 3 is 2.62 bits per heavy atom. The molecule has 2 aromatic carbocycles. The lowest BCUT2D eigenvalue weighted by atomic mass is 10.2. The molecule has 0 aliphatic carbocycles. The molecule has 3 rings (SSSR count). The van der Waals surface area contributed by atoms with Gasteiger partial charge in [0.1, 0.15) is 11.0 Å². The molecule has 1 aromatic heterocycles. The number of thiocarbonyl (C=S) groups is 1.